The van der Waals surface area contributed by atoms with E-state index in [1.807, 2.05) is 12.1 Å². The molecule has 0 aliphatic heterocycles. The molecule has 0 bridgehead atoms. The molecule has 0 N–H and O–H groups in total. The second kappa shape index (κ2) is 7.05. The van der Waals surface area contributed by atoms with Crippen LogP contribution in [0.4, 0.5) is 13.2 Å². The molecular weight excluding hydrogens is 421 g/mol. The van der Waals surface area contributed by atoms with E-state index >= 15 is 0 Å². The minimum Gasteiger partial charge on any atom is -0.239 e. The van der Waals surface area contributed by atoms with Crippen molar-refractivity contribution in [1.29, 1.82) is 0 Å². The topological polar surface area (TPSA) is 50.3 Å². The third-order valence-corrected chi connectivity index (χ3v) is 7.55. The number of hydrogen-bond acceptors (Lipinski definition) is 4. The molecule has 1 unspecified atom stereocenters. The smallest absolute Gasteiger partial charge is 0.239 e. The van der Waals surface area contributed by atoms with Crippen LogP contribution in [-0.4, -0.2) is 24.8 Å². The van der Waals surface area contributed by atoms with E-state index in [-0.39, 0.29) is 5.02 Å². The Labute approximate surface area is 163 Å². The minimum atomic E-state index is -4.85. The number of nitrogens with zero attached hydrogens (tertiary/aromatic N) is 2. The van der Waals surface area contributed by atoms with Crippen LogP contribution < -0.4 is 0 Å². The highest BCUT2D eigenvalue weighted by molar-refractivity contribution is 7.89. The zero-order chi connectivity index (χ0) is 20.0. The molecule has 0 spiro atoms. The summed E-state index contributed by atoms with van der Waals surface area (Å²) >= 11 is 6.94. The summed E-state index contributed by atoms with van der Waals surface area (Å²) in [6.07, 6.45) is -4.85. The summed E-state index contributed by atoms with van der Waals surface area (Å²) in [6.45, 7) is 1.58. The molecule has 1 atom stereocenters. The molecule has 0 radical (unpaired) electrons. The number of alkyl halides is 3. The number of halogens is 4. The van der Waals surface area contributed by atoms with Gasteiger partial charge < -0.3 is 0 Å². The van der Waals surface area contributed by atoms with Gasteiger partial charge in [-0.3, -0.25) is 0 Å². The maximum atomic E-state index is 13.3. The third kappa shape index (κ3) is 3.82. The van der Waals surface area contributed by atoms with Gasteiger partial charge >= 0.3 is 6.18 Å². The zero-order valence-electron chi connectivity index (χ0n) is 14.2. The maximum Gasteiger partial charge on any atom is 0.417 e. The highest BCUT2D eigenvalue weighted by atomic mass is 35.5. The van der Waals surface area contributed by atoms with Crippen LogP contribution in [0.1, 0.15) is 23.5 Å². The van der Waals surface area contributed by atoms with Crippen molar-refractivity contribution in [2.75, 3.05) is 7.05 Å². The Morgan fingerprint density at radius 2 is 1.85 bits per heavy atom. The van der Waals surface area contributed by atoms with Gasteiger partial charge in [-0.05, 0) is 37.3 Å². The van der Waals surface area contributed by atoms with Gasteiger partial charge in [0.05, 0.1) is 26.7 Å². The molecule has 0 fully saturated rings. The molecule has 0 saturated carbocycles. The van der Waals surface area contributed by atoms with E-state index in [0.29, 0.717) is 16.6 Å². The van der Waals surface area contributed by atoms with Crippen molar-refractivity contribution < 1.29 is 21.6 Å². The van der Waals surface area contributed by atoms with Crippen molar-refractivity contribution in [1.82, 2.24) is 9.29 Å². The van der Waals surface area contributed by atoms with Gasteiger partial charge in [0.1, 0.15) is 5.01 Å². The number of rotatable bonds is 4. The van der Waals surface area contributed by atoms with Crippen LogP contribution >= 0.6 is 22.9 Å². The summed E-state index contributed by atoms with van der Waals surface area (Å²) < 4.78 is 67.6. The van der Waals surface area contributed by atoms with Crippen LogP contribution in [0, 0.1) is 0 Å². The van der Waals surface area contributed by atoms with Crippen molar-refractivity contribution in [2.45, 2.75) is 24.0 Å². The molecule has 0 amide bonds. The van der Waals surface area contributed by atoms with E-state index in [0.717, 1.165) is 21.1 Å². The first-order valence-electron chi connectivity index (χ1n) is 7.72. The number of aromatic nitrogens is 1. The summed E-state index contributed by atoms with van der Waals surface area (Å²) in [6, 6.07) is 9.14. The Kier molecular flexibility index (Phi) is 5.24. The average Bonchev–Trinajstić information content (AvgIpc) is 3.03. The summed E-state index contributed by atoms with van der Waals surface area (Å²) in [5.74, 6) is 0. The first-order valence-corrected chi connectivity index (χ1v) is 10.4. The van der Waals surface area contributed by atoms with Crippen LogP contribution in [0.15, 0.2) is 47.4 Å². The molecule has 0 aliphatic carbocycles. The number of benzene rings is 2. The van der Waals surface area contributed by atoms with Crippen molar-refractivity contribution in [3.63, 3.8) is 0 Å². The molecule has 3 aromatic rings. The average molecular weight is 435 g/mol. The second-order valence-electron chi connectivity index (χ2n) is 5.86. The van der Waals surface area contributed by atoms with E-state index in [4.69, 9.17) is 11.6 Å². The molecule has 144 valence electrons. The molecule has 0 saturated heterocycles. The van der Waals surface area contributed by atoms with Crippen LogP contribution in [-0.2, 0) is 16.2 Å². The van der Waals surface area contributed by atoms with Gasteiger partial charge in [0, 0.05) is 12.1 Å². The third-order valence-electron chi connectivity index (χ3n) is 4.12. The summed E-state index contributed by atoms with van der Waals surface area (Å²) in [7, 11) is -3.20. The van der Waals surface area contributed by atoms with E-state index in [2.05, 4.69) is 4.98 Å². The van der Waals surface area contributed by atoms with Crippen molar-refractivity contribution in [3.8, 4) is 0 Å². The summed E-state index contributed by atoms with van der Waals surface area (Å²) in [5.41, 5.74) is -0.587. The first-order chi connectivity index (χ1) is 12.5. The molecule has 1 heterocycles. The van der Waals surface area contributed by atoms with Crippen molar-refractivity contribution in [3.05, 3.63) is 58.1 Å². The van der Waals surface area contributed by atoms with Gasteiger partial charge in [0.2, 0.25) is 10.0 Å². The number of thiazole rings is 1. The highest BCUT2D eigenvalue weighted by Crippen LogP contribution is 2.38. The molecule has 0 aliphatic rings. The number of para-hydroxylation sites is 1. The predicted octanol–water partition coefficient (Wildman–Crippen LogP) is 5.35. The lowest BCUT2D eigenvalue weighted by Crippen LogP contribution is -2.31. The van der Waals surface area contributed by atoms with Gasteiger partial charge in [0.25, 0.3) is 0 Å². The zero-order valence-corrected chi connectivity index (χ0v) is 16.5. The fraction of sp³-hybridized carbons (Fsp3) is 0.235. The second-order valence-corrected chi connectivity index (χ2v) is 9.32. The maximum absolute atomic E-state index is 13.3. The predicted molar refractivity (Wildman–Crippen MR) is 99.4 cm³/mol. The molecule has 3 rings (SSSR count). The monoisotopic (exact) mass is 434 g/mol. The van der Waals surface area contributed by atoms with Crippen molar-refractivity contribution >= 4 is 43.2 Å². The highest BCUT2D eigenvalue weighted by Gasteiger charge is 2.40. The van der Waals surface area contributed by atoms with E-state index < -0.39 is 32.7 Å². The molecule has 27 heavy (non-hydrogen) atoms. The largest absolute Gasteiger partial charge is 0.417 e. The van der Waals surface area contributed by atoms with Gasteiger partial charge in [-0.2, -0.15) is 17.5 Å². The molecule has 1 aromatic heterocycles. The molecule has 10 heteroatoms. The Morgan fingerprint density at radius 3 is 2.48 bits per heavy atom. The van der Waals surface area contributed by atoms with Crippen LogP contribution in [0.5, 0.6) is 0 Å². The van der Waals surface area contributed by atoms with Gasteiger partial charge in [-0.1, -0.05) is 23.7 Å². The van der Waals surface area contributed by atoms with Crippen LogP contribution in [0.25, 0.3) is 10.2 Å². The summed E-state index contributed by atoms with van der Waals surface area (Å²) in [5, 5.41) is 0.299. The number of fused-ring (bicyclic) bond motifs is 1. The Bertz CT molecular complexity index is 1060. The summed E-state index contributed by atoms with van der Waals surface area (Å²) in [4.78, 5) is 3.56. The lowest BCUT2D eigenvalue weighted by Gasteiger charge is -2.24. The molecular formula is C17H14ClF3N2O2S2. The molecule has 4 nitrogen and oxygen atoms in total. The van der Waals surface area contributed by atoms with Gasteiger partial charge in [-0.15, -0.1) is 11.3 Å². The lowest BCUT2D eigenvalue weighted by molar-refractivity contribution is -0.139. The standard InChI is InChI=1S/C17H14ClF3N2O2S2/c1-10(16-22-13-5-3-4-6-14(13)26-16)23(2)27(24,25)15-8-7-11(18)9-12(15)17(19,20)21/h3-10H,1-2H3. The Hall–Kier alpha value is -1.68. The fourth-order valence-electron chi connectivity index (χ4n) is 2.54. The first kappa shape index (κ1) is 20.1. The SMILES string of the molecule is CC(c1nc2ccccc2s1)N(C)S(=O)(=O)c1ccc(Cl)cc1C(F)(F)F. The van der Waals surface area contributed by atoms with Crippen molar-refractivity contribution in [2.24, 2.45) is 0 Å². The normalized spacial score (nSPS) is 14.0. The number of hydrogen-bond donors (Lipinski definition) is 0. The molecule has 2 aromatic carbocycles. The quantitative estimate of drug-likeness (QED) is 0.556. The Morgan fingerprint density at radius 1 is 1.19 bits per heavy atom. The number of sulfonamides is 1. The van der Waals surface area contributed by atoms with Crippen LogP contribution in [0.2, 0.25) is 5.02 Å². The Balaban J connectivity index is 2.04. The van der Waals surface area contributed by atoms with Gasteiger partial charge in [-0.25, -0.2) is 13.4 Å². The minimum absolute atomic E-state index is 0.192. The lowest BCUT2D eigenvalue weighted by atomic mass is 10.2. The fourth-order valence-corrected chi connectivity index (χ4v) is 5.36. The van der Waals surface area contributed by atoms with E-state index in [1.54, 1.807) is 19.1 Å². The van der Waals surface area contributed by atoms with Crippen LogP contribution in [0.3, 0.4) is 0 Å². The van der Waals surface area contributed by atoms with Gasteiger partial charge in [0.15, 0.2) is 0 Å². The van der Waals surface area contributed by atoms with E-state index in [1.165, 1.54) is 18.4 Å². The van der Waals surface area contributed by atoms with E-state index in [9.17, 15) is 21.6 Å².